The van der Waals surface area contributed by atoms with Gasteiger partial charge in [0.05, 0.1) is 12.6 Å². The minimum absolute atomic E-state index is 0.0588. The number of hydrogen-bond acceptors (Lipinski definition) is 4. The fourth-order valence-electron chi connectivity index (χ4n) is 5.23. The fraction of sp³-hybridized carbons (Fsp3) is 0.229. The molecular weight excluding hydrogens is 498 g/mol. The highest BCUT2D eigenvalue weighted by molar-refractivity contribution is 6.00. The molecule has 0 unspecified atom stereocenters. The molecule has 4 aromatic carbocycles. The molecule has 4 aromatic rings. The molecule has 40 heavy (non-hydrogen) atoms. The molecule has 2 atom stereocenters. The number of rotatable bonds is 11. The largest absolute Gasteiger partial charge is 0.449 e. The van der Waals surface area contributed by atoms with Crippen molar-refractivity contribution < 1.29 is 19.1 Å². The first-order valence-corrected chi connectivity index (χ1v) is 13.8. The van der Waals surface area contributed by atoms with Crippen molar-refractivity contribution in [1.82, 2.24) is 5.32 Å². The van der Waals surface area contributed by atoms with Gasteiger partial charge < -0.3 is 14.8 Å². The van der Waals surface area contributed by atoms with Gasteiger partial charge in [0, 0.05) is 5.92 Å². The highest BCUT2D eigenvalue weighted by Gasteiger charge is 2.35. The predicted molar refractivity (Wildman–Crippen MR) is 156 cm³/mol. The van der Waals surface area contributed by atoms with Gasteiger partial charge in [-0.3, -0.25) is 4.79 Å². The second-order valence-electron chi connectivity index (χ2n) is 10.2. The highest BCUT2D eigenvalue weighted by atomic mass is 16.5. The molecule has 1 amide bonds. The average molecular weight is 533 g/mol. The number of alkyl carbamates (subject to hydrolysis) is 1. The van der Waals surface area contributed by atoms with E-state index in [1.165, 1.54) is 0 Å². The van der Waals surface area contributed by atoms with E-state index in [9.17, 15) is 9.59 Å². The zero-order valence-electron chi connectivity index (χ0n) is 22.9. The summed E-state index contributed by atoms with van der Waals surface area (Å²) in [5, 5.41) is 2.88. The molecule has 0 spiro atoms. The Morgan fingerprint density at radius 3 is 1.90 bits per heavy atom. The molecule has 0 bridgehead atoms. The van der Waals surface area contributed by atoms with E-state index in [0.717, 1.165) is 27.8 Å². The van der Waals surface area contributed by atoms with E-state index in [2.05, 4.69) is 29.6 Å². The molecule has 5 rings (SSSR count). The van der Waals surface area contributed by atoms with E-state index in [-0.39, 0.29) is 36.9 Å². The van der Waals surface area contributed by atoms with Crippen molar-refractivity contribution in [3.8, 4) is 11.1 Å². The number of nitrogens with one attached hydrogen (secondary N) is 1. The highest BCUT2D eigenvalue weighted by Crippen LogP contribution is 2.44. The standard InChI is InChI=1S/C35H34NO4/c1-3-24(2)32(33(37)34(26-16-8-5-9-17-26)39-22-25-14-6-4-7-15-25)36-35(38)40-23-31-29-20-12-10-18-27(29)28-19-11-13-21-30(28)31/h4-21,24,31-32H,3,22-23H2,1-2H3,(H,36,38)/t24-,32-/m0/s1. The smallest absolute Gasteiger partial charge is 0.407 e. The van der Waals surface area contributed by atoms with Gasteiger partial charge in [-0.25, -0.2) is 4.79 Å². The number of amides is 1. The van der Waals surface area contributed by atoms with Crippen LogP contribution in [-0.4, -0.2) is 24.5 Å². The van der Waals surface area contributed by atoms with Gasteiger partial charge >= 0.3 is 6.09 Å². The van der Waals surface area contributed by atoms with Crippen LogP contribution in [0.3, 0.4) is 0 Å². The lowest BCUT2D eigenvalue weighted by Gasteiger charge is -2.27. The summed E-state index contributed by atoms with van der Waals surface area (Å²) in [7, 11) is 0. The molecular formula is C35H34NO4. The molecule has 1 aliphatic rings. The number of ketones is 1. The summed E-state index contributed by atoms with van der Waals surface area (Å²) in [4.78, 5) is 27.1. The Morgan fingerprint density at radius 2 is 1.30 bits per heavy atom. The van der Waals surface area contributed by atoms with Crippen LogP contribution in [0.4, 0.5) is 4.79 Å². The maximum absolute atomic E-state index is 14.0. The summed E-state index contributed by atoms with van der Waals surface area (Å²) in [6.45, 7) is 4.37. The Labute approximate surface area is 236 Å². The first-order chi connectivity index (χ1) is 19.6. The number of carbonyl (C=O) groups is 2. The normalized spacial score (nSPS) is 13.8. The Morgan fingerprint density at radius 1 is 0.750 bits per heavy atom. The summed E-state index contributed by atoms with van der Waals surface area (Å²) in [5.41, 5.74) is 6.23. The summed E-state index contributed by atoms with van der Waals surface area (Å²) >= 11 is 0. The molecule has 1 aliphatic carbocycles. The average Bonchev–Trinajstić information content (AvgIpc) is 3.33. The maximum atomic E-state index is 14.0. The molecule has 0 aliphatic heterocycles. The number of carbonyl (C=O) groups excluding carboxylic acids is 2. The van der Waals surface area contributed by atoms with Crippen molar-refractivity contribution in [2.75, 3.05) is 6.61 Å². The Kier molecular flexibility index (Phi) is 8.72. The minimum atomic E-state index is -0.799. The van der Waals surface area contributed by atoms with Crippen molar-refractivity contribution in [3.05, 3.63) is 138 Å². The lowest BCUT2D eigenvalue weighted by molar-refractivity contribution is -0.125. The van der Waals surface area contributed by atoms with Gasteiger partial charge in [-0.15, -0.1) is 0 Å². The van der Waals surface area contributed by atoms with Crippen molar-refractivity contribution in [1.29, 1.82) is 0 Å². The molecule has 0 heterocycles. The number of benzene rings is 4. The van der Waals surface area contributed by atoms with Crippen LogP contribution in [0, 0.1) is 12.0 Å². The van der Waals surface area contributed by atoms with Crippen molar-refractivity contribution in [2.24, 2.45) is 5.92 Å². The van der Waals surface area contributed by atoms with Crippen molar-refractivity contribution in [2.45, 2.75) is 38.8 Å². The number of ether oxygens (including phenoxy) is 2. The predicted octanol–water partition coefficient (Wildman–Crippen LogP) is 7.31. The molecule has 0 aromatic heterocycles. The summed E-state index contributed by atoms with van der Waals surface area (Å²) in [6, 6.07) is 34.6. The fourth-order valence-corrected chi connectivity index (χ4v) is 5.23. The number of Topliss-reactive ketones (excluding diaryl/α,β-unsaturated/α-hetero) is 1. The molecule has 5 nitrogen and oxygen atoms in total. The topological polar surface area (TPSA) is 64.6 Å². The van der Waals surface area contributed by atoms with E-state index >= 15 is 0 Å². The molecule has 1 radical (unpaired) electrons. The van der Waals surface area contributed by atoms with Crippen LogP contribution in [0.5, 0.6) is 0 Å². The Balaban J connectivity index is 1.31. The molecule has 1 N–H and O–H groups in total. The zero-order valence-corrected chi connectivity index (χ0v) is 22.9. The summed E-state index contributed by atoms with van der Waals surface area (Å²) in [5.74, 6) is -0.464. The first-order valence-electron chi connectivity index (χ1n) is 13.8. The molecule has 5 heteroatoms. The summed E-state index contributed by atoms with van der Waals surface area (Å²) in [6.07, 6.45) is 0.311. The summed E-state index contributed by atoms with van der Waals surface area (Å²) < 4.78 is 11.9. The SMILES string of the molecule is CC[C@H](C)[C@H](NC(=O)OCC1c2ccccc2-c2ccccc21)C(=O)[C](OCc1ccccc1)c1ccccc1. The minimum Gasteiger partial charge on any atom is -0.449 e. The van der Waals surface area contributed by atoms with E-state index in [0.29, 0.717) is 12.0 Å². The number of hydrogen-bond donors (Lipinski definition) is 1. The van der Waals surface area contributed by atoms with Crippen LogP contribution in [-0.2, 0) is 20.9 Å². The van der Waals surface area contributed by atoms with E-state index in [1.807, 2.05) is 98.8 Å². The second kappa shape index (κ2) is 12.8. The third-order valence-electron chi connectivity index (χ3n) is 7.60. The molecule has 0 saturated carbocycles. The molecule has 203 valence electrons. The maximum Gasteiger partial charge on any atom is 0.407 e. The van der Waals surface area contributed by atoms with Gasteiger partial charge in [-0.1, -0.05) is 129 Å². The van der Waals surface area contributed by atoms with Gasteiger partial charge in [0.2, 0.25) is 0 Å². The lowest BCUT2D eigenvalue weighted by Crippen LogP contribution is -2.48. The molecule has 0 fully saturated rings. The number of fused-ring (bicyclic) bond motifs is 3. The first kappa shape index (κ1) is 27.4. The van der Waals surface area contributed by atoms with Gasteiger partial charge in [-0.05, 0) is 39.3 Å². The lowest BCUT2D eigenvalue weighted by atomic mass is 9.90. The van der Waals surface area contributed by atoms with Crippen LogP contribution in [0.15, 0.2) is 109 Å². The van der Waals surface area contributed by atoms with Gasteiger partial charge in [0.25, 0.3) is 0 Å². The van der Waals surface area contributed by atoms with Crippen LogP contribution < -0.4 is 5.32 Å². The van der Waals surface area contributed by atoms with Crippen LogP contribution in [0.1, 0.15) is 48.4 Å². The van der Waals surface area contributed by atoms with Crippen molar-refractivity contribution in [3.63, 3.8) is 0 Å². The quantitative estimate of drug-likeness (QED) is 0.220. The van der Waals surface area contributed by atoms with Crippen LogP contribution >= 0.6 is 0 Å². The zero-order chi connectivity index (χ0) is 27.9. The van der Waals surface area contributed by atoms with Gasteiger partial charge in [0.1, 0.15) is 6.61 Å². The monoisotopic (exact) mass is 532 g/mol. The Bertz CT molecular complexity index is 1390. The van der Waals surface area contributed by atoms with Gasteiger partial charge in [0.15, 0.2) is 11.9 Å². The van der Waals surface area contributed by atoms with Crippen LogP contribution in [0.25, 0.3) is 11.1 Å². The van der Waals surface area contributed by atoms with E-state index in [4.69, 9.17) is 9.47 Å². The van der Waals surface area contributed by atoms with E-state index < -0.39 is 12.1 Å². The Hall–Kier alpha value is -4.22. The van der Waals surface area contributed by atoms with Crippen LogP contribution in [0.2, 0.25) is 0 Å². The van der Waals surface area contributed by atoms with E-state index in [1.54, 1.807) is 0 Å². The molecule has 0 saturated heterocycles. The third-order valence-corrected chi connectivity index (χ3v) is 7.60. The van der Waals surface area contributed by atoms with Gasteiger partial charge in [-0.2, -0.15) is 0 Å². The van der Waals surface area contributed by atoms with Crippen molar-refractivity contribution >= 4 is 11.9 Å². The second-order valence-corrected chi connectivity index (χ2v) is 10.2. The third kappa shape index (κ3) is 6.00.